The van der Waals surface area contributed by atoms with Crippen LogP contribution in [0.4, 0.5) is 0 Å². The molecule has 2 heterocycles. The lowest BCUT2D eigenvalue weighted by atomic mass is 10.1. The summed E-state index contributed by atoms with van der Waals surface area (Å²) in [6, 6.07) is 7.60. The van der Waals surface area contributed by atoms with Gasteiger partial charge in [0.25, 0.3) is 11.5 Å². The van der Waals surface area contributed by atoms with Crippen LogP contribution in [0, 0.1) is 13.8 Å². The number of rotatable bonds is 5. The summed E-state index contributed by atoms with van der Waals surface area (Å²) in [5.74, 6) is 0.265. The van der Waals surface area contributed by atoms with E-state index in [9.17, 15) is 9.59 Å². The zero-order valence-corrected chi connectivity index (χ0v) is 15.1. The molecular formula is C18H19N3O3S. The third kappa shape index (κ3) is 3.56. The Hall–Kier alpha value is -2.67. The fraction of sp³-hybridized carbons (Fsp3) is 0.278. The lowest BCUT2D eigenvalue weighted by molar-refractivity contribution is -0.119. The molecule has 1 aromatic carbocycles. The first kappa shape index (κ1) is 17.2. The van der Waals surface area contributed by atoms with E-state index in [0.29, 0.717) is 16.0 Å². The van der Waals surface area contributed by atoms with Gasteiger partial charge in [-0.25, -0.2) is 9.66 Å². The number of thiophene rings is 1. The largest absolute Gasteiger partial charge is 0.483 e. The lowest BCUT2D eigenvalue weighted by Crippen LogP contribution is -2.35. The van der Waals surface area contributed by atoms with Crippen molar-refractivity contribution in [1.29, 1.82) is 0 Å². The minimum absolute atomic E-state index is 0.181. The van der Waals surface area contributed by atoms with E-state index in [1.54, 1.807) is 0 Å². The first-order chi connectivity index (χ1) is 12.0. The monoisotopic (exact) mass is 357 g/mol. The molecule has 0 saturated carbocycles. The summed E-state index contributed by atoms with van der Waals surface area (Å²) in [6.07, 6.45) is 2.17. The molecule has 7 heteroatoms. The number of nitrogens with zero attached hydrogens (tertiary/aromatic N) is 2. The zero-order chi connectivity index (χ0) is 18.0. The molecule has 0 fully saturated rings. The Labute approximate surface area is 149 Å². The standard InChI is InChI=1S/C18H19N3O3S/c1-4-13-8-14-17(25-13)19-10-21(18(14)23)20-15(22)9-24-16-11(2)6-5-7-12(16)3/h5-8,10H,4,9H2,1-3H3,(H,20,22). The van der Waals surface area contributed by atoms with Crippen LogP contribution in [0.15, 0.2) is 35.4 Å². The van der Waals surface area contributed by atoms with E-state index in [1.165, 1.54) is 17.7 Å². The summed E-state index contributed by atoms with van der Waals surface area (Å²) >= 11 is 1.49. The number of nitrogens with one attached hydrogen (secondary N) is 1. The second-order valence-corrected chi connectivity index (χ2v) is 6.86. The highest BCUT2D eigenvalue weighted by atomic mass is 32.1. The van der Waals surface area contributed by atoms with E-state index in [-0.39, 0.29) is 12.2 Å². The second-order valence-electron chi connectivity index (χ2n) is 5.75. The molecule has 0 spiro atoms. The smallest absolute Gasteiger partial charge is 0.280 e. The van der Waals surface area contributed by atoms with Gasteiger partial charge in [0.05, 0.1) is 5.39 Å². The summed E-state index contributed by atoms with van der Waals surface area (Å²) in [5.41, 5.74) is 4.14. The minimum Gasteiger partial charge on any atom is -0.483 e. The Morgan fingerprint density at radius 2 is 2.04 bits per heavy atom. The molecule has 0 radical (unpaired) electrons. The van der Waals surface area contributed by atoms with Crippen LogP contribution in [0.5, 0.6) is 5.75 Å². The van der Waals surface area contributed by atoms with Crippen LogP contribution in [-0.4, -0.2) is 22.2 Å². The van der Waals surface area contributed by atoms with Crippen LogP contribution in [-0.2, 0) is 11.2 Å². The molecule has 0 saturated heterocycles. The summed E-state index contributed by atoms with van der Waals surface area (Å²) < 4.78 is 6.71. The lowest BCUT2D eigenvalue weighted by Gasteiger charge is -2.12. The molecule has 25 heavy (non-hydrogen) atoms. The average Bonchev–Trinajstić information content (AvgIpc) is 3.01. The molecule has 3 aromatic rings. The summed E-state index contributed by atoms with van der Waals surface area (Å²) in [7, 11) is 0. The molecular weight excluding hydrogens is 338 g/mol. The predicted molar refractivity (Wildman–Crippen MR) is 99.0 cm³/mol. The topological polar surface area (TPSA) is 73.2 Å². The van der Waals surface area contributed by atoms with Crippen molar-refractivity contribution in [2.75, 3.05) is 12.0 Å². The summed E-state index contributed by atoms with van der Waals surface area (Å²) in [5, 5.41) is 0.514. The van der Waals surface area contributed by atoms with E-state index in [2.05, 4.69) is 10.4 Å². The Balaban J connectivity index is 1.74. The predicted octanol–water partition coefficient (Wildman–Crippen LogP) is 2.79. The minimum atomic E-state index is -0.420. The highest BCUT2D eigenvalue weighted by Crippen LogP contribution is 2.22. The van der Waals surface area contributed by atoms with Crippen molar-refractivity contribution < 1.29 is 9.53 Å². The fourth-order valence-electron chi connectivity index (χ4n) is 2.56. The van der Waals surface area contributed by atoms with Crippen LogP contribution in [0.25, 0.3) is 10.2 Å². The second kappa shape index (κ2) is 7.06. The van der Waals surface area contributed by atoms with Gasteiger partial charge in [-0.2, -0.15) is 0 Å². The Morgan fingerprint density at radius 1 is 1.32 bits per heavy atom. The maximum atomic E-state index is 12.4. The van der Waals surface area contributed by atoms with Gasteiger partial charge in [-0.1, -0.05) is 25.1 Å². The SMILES string of the molecule is CCc1cc2c(=O)n(NC(=O)COc3c(C)cccc3C)cnc2s1. The van der Waals surface area contributed by atoms with Crippen molar-refractivity contribution in [3.05, 3.63) is 57.0 Å². The number of hydrogen-bond acceptors (Lipinski definition) is 5. The van der Waals surface area contributed by atoms with Crippen molar-refractivity contribution in [2.24, 2.45) is 0 Å². The maximum Gasteiger partial charge on any atom is 0.280 e. The van der Waals surface area contributed by atoms with Gasteiger partial charge in [-0.05, 0) is 37.5 Å². The third-order valence-corrected chi connectivity index (χ3v) is 5.04. The molecule has 3 rings (SSSR count). The van der Waals surface area contributed by atoms with E-state index in [4.69, 9.17) is 4.74 Å². The first-order valence-corrected chi connectivity index (χ1v) is 8.80. The molecule has 0 bridgehead atoms. The van der Waals surface area contributed by atoms with Gasteiger partial charge < -0.3 is 4.74 Å². The molecule has 1 N–H and O–H groups in total. The summed E-state index contributed by atoms with van der Waals surface area (Å²) in [4.78, 5) is 30.6. The zero-order valence-electron chi connectivity index (χ0n) is 14.3. The number of fused-ring (bicyclic) bond motifs is 1. The van der Waals surface area contributed by atoms with Gasteiger partial charge in [0.15, 0.2) is 6.61 Å². The highest BCUT2D eigenvalue weighted by molar-refractivity contribution is 7.18. The molecule has 0 aliphatic carbocycles. The molecule has 6 nitrogen and oxygen atoms in total. The number of carbonyl (C=O) groups excluding carboxylic acids is 1. The number of aromatic nitrogens is 2. The van der Waals surface area contributed by atoms with Crippen molar-refractivity contribution in [2.45, 2.75) is 27.2 Å². The van der Waals surface area contributed by atoms with Crippen molar-refractivity contribution in [3.63, 3.8) is 0 Å². The third-order valence-electron chi connectivity index (χ3n) is 3.85. The Morgan fingerprint density at radius 3 is 2.72 bits per heavy atom. The first-order valence-electron chi connectivity index (χ1n) is 7.98. The van der Waals surface area contributed by atoms with Crippen LogP contribution in [0.1, 0.15) is 22.9 Å². The van der Waals surface area contributed by atoms with Crippen LogP contribution in [0.2, 0.25) is 0 Å². The van der Waals surface area contributed by atoms with Crippen LogP contribution in [0.3, 0.4) is 0 Å². The maximum absolute atomic E-state index is 12.4. The van der Waals surface area contributed by atoms with E-state index in [1.807, 2.05) is 45.0 Å². The van der Waals surface area contributed by atoms with Gasteiger partial charge in [-0.3, -0.25) is 15.0 Å². The average molecular weight is 357 g/mol. The molecule has 0 atom stereocenters. The number of hydrogen-bond donors (Lipinski definition) is 1. The fourth-order valence-corrected chi connectivity index (χ4v) is 3.48. The van der Waals surface area contributed by atoms with Gasteiger partial charge in [0.2, 0.25) is 0 Å². The van der Waals surface area contributed by atoms with Crippen molar-refractivity contribution in [1.82, 2.24) is 9.66 Å². The van der Waals surface area contributed by atoms with Crippen molar-refractivity contribution in [3.8, 4) is 5.75 Å². The molecule has 0 unspecified atom stereocenters. The van der Waals surface area contributed by atoms with E-state index >= 15 is 0 Å². The molecule has 0 aliphatic heterocycles. The number of benzene rings is 1. The van der Waals surface area contributed by atoms with Gasteiger partial charge in [0.1, 0.15) is 16.9 Å². The quantitative estimate of drug-likeness (QED) is 0.762. The number of aryl methyl sites for hydroxylation is 3. The normalized spacial score (nSPS) is 10.8. The summed E-state index contributed by atoms with van der Waals surface area (Å²) in [6.45, 7) is 5.69. The number of amides is 1. The van der Waals surface area contributed by atoms with Gasteiger partial charge in [-0.15, -0.1) is 11.3 Å². The number of carbonyl (C=O) groups is 1. The Kier molecular flexibility index (Phi) is 4.85. The molecule has 0 aliphatic rings. The molecule has 1 amide bonds. The van der Waals surface area contributed by atoms with Crippen LogP contribution < -0.4 is 15.7 Å². The van der Waals surface area contributed by atoms with E-state index < -0.39 is 5.91 Å². The molecule has 2 aromatic heterocycles. The van der Waals surface area contributed by atoms with Crippen LogP contribution >= 0.6 is 11.3 Å². The molecule has 130 valence electrons. The van der Waals surface area contributed by atoms with Crippen molar-refractivity contribution >= 4 is 27.5 Å². The van der Waals surface area contributed by atoms with Gasteiger partial charge in [0, 0.05) is 4.88 Å². The van der Waals surface area contributed by atoms with Gasteiger partial charge >= 0.3 is 0 Å². The number of para-hydroxylation sites is 1. The number of ether oxygens (including phenoxy) is 1. The van der Waals surface area contributed by atoms with E-state index in [0.717, 1.165) is 27.1 Å². The highest BCUT2D eigenvalue weighted by Gasteiger charge is 2.11. The Bertz CT molecular complexity index is 971.